The molecule has 0 saturated carbocycles. The Balaban J connectivity index is 1.99. The summed E-state index contributed by atoms with van der Waals surface area (Å²) >= 11 is 0. The largest absolute Gasteiger partial charge is 0.450 e. The van der Waals surface area contributed by atoms with Crippen molar-refractivity contribution < 1.29 is 13.9 Å². The smallest absolute Gasteiger partial charge is 0.404 e. The minimum absolute atomic E-state index is 0.352. The molecular formula is C9H17FN2O2. The van der Waals surface area contributed by atoms with Gasteiger partial charge in [0.2, 0.25) is 0 Å². The second-order valence-corrected chi connectivity index (χ2v) is 3.54. The molecule has 0 aromatic heterocycles. The fourth-order valence-electron chi connectivity index (χ4n) is 1.59. The predicted octanol–water partition coefficient (Wildman–Crippen LogP) is 0.906. The van der Waals surface area contributed by atoms with Gasteiger partial charge < -0.3 is 15.4 Å². The molecular weight excluding hydrogens is 187 g/mol. The summed E-state index contributed by atoms with van der Waals surface area (Å²) in [5, 5.41) is 0. The van der Waals surface area contributed by atoms with E-state index in [2.05, 4.69) is 9.64 Å². The van der Waals surface area contributed by atoms with Crippen LogP contribution in [0.3, 0.4) is 0 Å². The molecule has 0 radical (unpaired) electrons. The van der Waals surface area contributed by atoms with E-state index in [1.807, 2.05) is 0 Å². The first-order valence-electron chi connectivity index (χ1n) is 4.97. The third-order valence-corrected chi connectivity index (χ3v) is 2.38. The highest BCUT2D eigenvalue weighted by atomic mass is 19.1. The summed E-state index contributed by atoms with van der Waals surface area (Å²) in [7, 11) is 0. The van der Waals surface area contributed by atoms with Gasteiger partial charge in [-0.3, -0.25) is 0 Å². The van der Waals surface area contributed by atoms with Gasteiger partial charge >= 0.3 is 6.09 Å². The number of carbonyl (C=O) groups is 1. The Morgan fingerprint density at radius 2 is 2.14 bits per heavy atom. The van der Waals surface area contributed by atoms with E-state index in [0.717, 1.165) is 26.1 Å². The lowest BCUT2D eigenvalue weighted by Gasteiger charge is -2.28. The zero-order chi connectivity index (χ0) is 10.4. The van der Waals surface area contributed by atoms with Gasteiger partial charge in [0.05, 0.1) is 6.61 Å². The van der Waals surface area contributed by atoms with Crippen molar-refractivity contribution in [1.29, 1.82) is 0 Å². The number of hydrogen-bond donors (Lipinski definition) is 1. The Kier molecular flexibility index (Phi) is 4.65. The number of ether oxygens (including phenoxy) is 1. The van der Waals surface area contributed by atoms with Crippen LogP contribution in [0.1, 0.15) is 19.3 Å². The normalized spacial score (nSPS) is 19.5. The number of piperidine rings is 1. The van der Waals surface area contributed by atoms with E-state index in [9.17, 15) is 9.18 Å². The highest BCUT2D eigenvalue weighted by Crippen LogP contribution is 2.12. The van der Waals surface area contributed by atoms with Gasteiger partial charge in [0.25, 0.3) is 0 Å². The summed E-state index contributed by atoms with van der Waals surface area (Å²) in [5.74, 6) is 0. The highest BCUT2D eigenvalue weighted by Gasteiger charge is 2.17. The standard InChI is InChI=1S/C9H17FN2O2/c10-8-2-5-12(6-3-8)4-1-7-14-9(11)13/h8H,1-7H2,(H2,11,13). The molecule has 1 rings (SSSR count). The summed E-state index contributed by atoms with van der Waals surface area (Å²) < 4.78 is 17.3. The molecule has 4 nitrogen and oxygen atoms in total. The minimum atomic E-state index is -0.729. The van der Waals surface area contributed by atoms with E-state index in [1.165, 1.54) is 0 Å². The molecule has 82 valence electrons. The molecule has 0 bridgehead atoms. The number of nitrogens with two attached hydrogens (primary N) is 1. The summed E-state index contributed by atoms with van der Waals surface area (Å²) in [6.45, 7) is 2.81. The predicted molar refractivity (Wildman–Crippen MR) is 50.7 cm³/mol. The number of carbonyl (C=O) groups excluding carboxylic acids is 1. The van der Waals surface area contributed by atoms with Gasteiger partial charge in [-0.2, -0.15) is 0 Å². The van der Waals surface area contributed by atoms with Crippen molar-refractivity contribution in [3.05, 3.63) is 0 Å². The fraction of sp³-hybridized carbons (Fsp3) is 0.889. The average molecular weight is 204 g/mol. The topological polar surface area (TPSA) is 55.6 Å². The van der Waals surface area contributed by atoms with Crippen molar-refractivity contribution >= 4 is 6.09 Å². The number of rotatable bonds is 4. The monoisotopic (exact) mass is 204 g/mol. The van der Waals surface area contributed by atoms with E-state index >= 15 is 0 Å². The number of primary amides is 1. The van der Waals surface area contributed by atoms with Crippen LogP contribution >= 0.6 is 0 Å². The maximum absolute atomic E-state index is 12.7. The zero-order valence-corrected chi connectivity index (χ0v) is 8.25. The van der Waals surface area contributed by atoms with Gasteiger partial charge in [-0.25, -0.2) is 9.18 Å². The molecule has 0 spiro atoms. The molecule has 0 aromatic carbocycles. The molecule has 0 aliphatic carbocycles. The Bertz CT molecular complexity index is 182. The summed E-state index contributed by atoms with van der Waals surface area (Å²) in [4.78, 5) is 12.4. The van der Waals surface area contributed by atoms with E-state index in [0.29, 0.717) is 19.4 Å². The molecule has 1 aliphatic heterocycles. The number of halogens is 1. The third kappa shape index (κ3) is 4.41. The van der Waals surface area contributed by atoms with Crippen LogP contribution in [-0.2, 0) is 4.74 Å². The van der Waals surface area contributed by atoms with Gasteiger partial charge in [-0.1, -0.05) is 0 Å². The third-order valence-electron chi connectivity index (χ3n) is 2.38. The van der Waals surface area contributed by atoms with Crippen molar-refractivity contribution in [2.75, 3.05) is 26.2 Å². The lowest BCUT2D eigenvalue weighted by Crippen LogP contribution is -2.35. The van der Waals surface area contributed by atoms with Crippen molar-refractivity contribution in [3.8, 4) is 0 Å². The van der Waals surface area contributed by atoms with Crippen LogP contribution in [0.15, 0.2) is 0 Å². The second kappa shape index (κ2) is 5.80. The lowest BCUT2D eigenvalue weighted by atomic mass is 10.1. The van der Waals surface area contributed by atoms with Gasteiger partial charge in [0.15, 0.2) is 0 Å². The van der Waals surface area contributed by atoms with Crippen molar-refractivity contribution in [2.24, 2.45) is 5.73 Å². The van der Waals surface area contributed by atoms with Crippen LogP contribution in [0.4, 0.5) is 9.18 Å². The minimum Gasteiger partial charge on any atom is -0.450 e. The molecule has 1 saturated heterocycles. The molecule has 1 fully saturated rings. The van der Waals surface area contributed by atoms with Gasteiger partial charge in [-0.15, -0.1) is 0 Å². The maximum atomic E-state index is 12.7. The number of hydrogen-bond acceptors (Lipinski definition) is 3. The molecule has 14 heavy (non-hydrogen) atoms. The van der Waals surface area contributed by atoms with E-state index in [1.54, 1.807) is 0 Å². The van der Waals surface area contributed by atoms with Crippen LogP contribution in [-0.4, -0.2) is 43.4 Å². The number of alkyl halides is 1. The Morgan fingerprint density at radius 1 is 1.50 bits per heavy atom. The van der Waals surface area contributed by atoms with Crippen LogP contribution < -0.4 is 5.73 Å². The molecule has 1 aliphatic rings. The fourth-order valence-corrected chi connectivity index (χ4v) is 1.59. The maximum Gasteiger partial charge on any atom is 0.404 e. The van der Waals surface area contributed by atoms with Crippen LogP contribution in [0, 0.1) is 0 Å². The first-order chi connectivity index (χ1) is 6.68. The summed E-state index contributed by atoms with van der Waals surface area (Å²) in [5.41, 5.74) is 4.81. The summed E-state index contributed by atoms with van der Waals surface area (Å²) in [6.07, 6.45) is 0.647. The van der Waals surface area contributed by atoms with Gasteiger partial charge in [0, 0.05) is 19.6 Å². The second-order valence-electron chi connectivity index (χ2n) is 3.54. The van der Waals surface area contributed by atoms with Crippen LogP contribution in [0.5, 0.6) is 0 Å². The SMILES string of the molecule is NC(=O)OCCCN1CCC(F)CC1. The summed E-state index contributed by atoms with van der Waals surface area (Å²) in [6, 6.07) is 0. The molecule has 1 heterocycles. The molecule has 2 N–H and O–H groups in total. The Labute approximate surface area is 83.2 Å². The Morgan fingerprint density at radius 3 is 2.71 bits per heavy atom. The van der Waals surface area contributed by atoms with E-state index < -0.39 is 12.3 Å². The number of amides is 1. The molecule has 0 unspecified atom stereocenters. The van der Waals surface area contributed by atoms with E-state index in [4.69, 9.17) is 5.73 Å². The zero-order valence-electron chi connectivity index (χ0n) is 8.25. The van der Waals surface area contributed by atoms with Crippen molar-refractivity contribution in [1.82, 2.24) is 4.90 Å². The quantitative estimate of drug-likeness (QED) is 0.692. The van der Waals surface area contributed by atoms with Gasteiger partial charge in [0.1, 0.15) is 6.17 Å². The number of nitrogens with zero attached hydrogens (tertiary/aromatic N) is 1. The van der Waals surface area contributed by atoms with Crippen LogP contribution in [0.2, 0.25) is 0 Å². The molecule has 1 amide bonds. The van der Waals surface area contributed by atoms with Crippen molar-refractivity contribution in [3.63, 3.8) is 0 Å². The van der Waals surface area contributed by atoms with Crippen LogP contribution in [0.25, 0.3) is 0 Å². The lowest BCUT2D eigenvalue weighted by molar-refractivity contribution is 0.127. The number of likely N-dealkylation sites (tertiary alicyclic amines) is 1. The van der Waals surface area contributed by atoms with Gasteiger partial charge in [-0.05, 0) is 19.3 Å². The first kappa shape index (κ1) is 11.2. The molecule has 0 atom stereocenters. The first-order valence-corrected chi connectivity index (χ1v) is 4.97. The molecule has 0 aromatic rings. The van der Waals surface area contributed by atoms with Crippen molar-refractivity contribution in [2.45, 2.75) is 25.4 Å². The average Bonchev–Trinajstić information content (AvgIpc) is 2.15. The van der Waals surface area contributed by atoms with E-state index in [-0.39, 0.29) is 0 Å². The molecule has 5 heteroatoms. The highest BCUT2D eigenvalue weighted by molar-refractivity contribution is 5.64. The Hall–Kier alpha value is -0.840.